The van der Waals surface area contributed by atoms with Gasteiger partial charge in [-0.05, 0) is 12.1 Å². The van der Waals surface area contributed by atoms with E-state index in [0.29, 0.717) is 0 Å². The summed E-state index contributed by atoms with van der Waals surface area (Å²) in [6.07, 6.45) is 2.94. The maximum absolute atomic E-state index is 11.8. The topological polar surface area (TPSA) is 56.3 Å². The van der Waals surface area contributed by atoms with Gasteiger partial charge in [0, 0.05) is 24.5 Å². The Labute approximate surface area is 93.7 Å². The van der Waals surface area contributed by atoms with E-state index in [2.05, 4.69) is 4.98 Å². The fourth-order valence-corrected chi connectivity index (χ4v) is 2.11. The lowest BCUT2D eigenvalue weighted by Gasteiger charge is -2.05. The van der Waals surface area contributed by atoms with Crippen molar-refractivity contribution in [2.24, 2.45) is 0 Å². The van der Waals surface area contributed by atoms with Crippen LogP contribution in [0, 0.1) is 0 Å². The van der Waals surface area contributed by atoms with Crippen LogP contribution in [0.3, 0.4) is 0 Å². The summed E-state index contributed by atoms with van der Waals surface area (Å²) in [6, 6.07) is 11.0. The Kier molecular flexibility index (Phi) is 2.87. The van der Waals surface area contributed by atoms with Gasteiger partial charge in [0.2, 0.25) is 0 Å². The number of pyridine rings is 1. The van der Waals surface area contributed by atoms with E-state index in [-0.39, 0.29) is 10.6 Å². The van der Waals surface area contributed by atoms with E-state index in [0.717, 1.165) is 0 Å². The highest BCUT2D eigenvalue weighted by Gasteiger charge is 2.15. The van der Waals surface area contributed by atoms with Gasteiger partial charge in [0.05, 0.1) is 0 Å². The molecule has 4 nitrogen and oxygen atoms in total. The Morgan fingerprint density at radius 1 is 0.938 bits per heavy atom. The highest BCUT2D eigenvalue weighted by molar-refractivity contribution is 7.87. The molecule has 0 amide bonds. The summed E-state index contributed by atoms with van der Waals surface area (Å²) in [7, 11) is -3.74. The molecular weight excluding hydrogens is 226 g/mol. The molecule has 0 spiro atoms. The van der Waals surface area contributed by atoms with Crippen LogP contribution in [-0.4, -0.2) is 13.4 Å². The van der Waals surface area contributed by atoms with E-state index < -0.39 is 10.1 Å². The number of rotatable bonds is 3. The molecule has 2 aromatic rings. The molecule has 0 aliphatic heterocycles. The van der Waals surface area contributed by atoms with Crippen molar-refractivity contribution < 1.29 is 12.6 Å². The summed E-state index contributed by atoms with van der Waals surface area (Å²) in [5, 5.41) is 0. The van der Waals surface area contributed by atoms with Gasteiger partial charge >= 0.3 is 10.1 Å². The van der Waals surface area contributed by atoms with Crippen LogP contribution in [0.15, 0.2) is 59.8 Å². The minimum atomic E-state index is -3.74. The second-order valence-corrected chi connectivity index (χ2v) is 4.58. The van der Waals surface area contributed by atoms with E-state index in [1.54, 1.807) is 18.2 Å². The van der Waals surface area contributed by atoms with Crippen molar-refractivity contribution in [3.63, 3.8) is 0 Å². The highest BCUT2D eigenvalue weighted by Crippen LogP contribution is 2.16. The maximum atomic E-state index is 11.8. The first-order valence-corrected chi connectivity index (χ1v) is 5.99. The van der Waals surface area contributed by atoms with Gasteiger partial charge in [-0.1, -0.05) is 18.2 Å². The second kappa shape index (κ2) is 4.32. The monoisotopic (exact) mass is 235 g/mol. The fourth-order valence-electron chi connectivity index (χ4n) is 1.16. The lowest BCUT2D eigenvalue weighted by Crippen LogP contribution is -2.09. The van der Waals surface area contributed by atoms with Gasteiger partial charge in [0.1, 0.15) is 10.6 Å². The molecule has 0 aliphatic carbocycles. The Hall–Kier alpha value is -1.88. The van der Waals surface area contributed by atoms with Crippen LogP contribution in [-0.2, 0) is 10.1 Å². The summed E-state index contributed by atoms with van der Waals surface area (Å²) in [5.74, 6) is 0.249. The zero-order chi connectivity index (χ0) is 11.4. The van der Waals surface area contributed by atoms with Crippen molar-refractivity contribution in [1.29, 1.82) is 0 Å². The molecule has 0 saturated heterocycles. The summed E-state index contributed by atoms with van der Waals surface area (Å²) in [6.45, 7) is 0. The van der Waals surface area contributed by atoms with Gasteiger partial charge < -0.3 is 4.18 Å². The van der Waals surface area contributed by atoms with Crippen molar-refractivity contribution >= 4 is 10.1 Å². The molecule has 0 bridgehead atoms. The molecule has 0 unspecified atom stereocenters. The second-order valence-electron chi connectivity index (χ2n) is 3.03. The summed E-state index contributed by atoms with van der Waals surface area (Å²) in [4.78, 5) is 3.90. The smallest absolute Gasteiger partial charge is 0.339 e. The largest absolute Gasteiger partial charge is 0.379 e. The van der Waals surface area contributed by atoms with Crippen LogP contribution in [0.25, 0.3) is 0 Å². The molecule has 2 rings (SSSR count). The Morgan fingerprint density at radius 2 is 1.56 bits per heavy atom. The van der Waals surface area contributed by atoms with Crippen LogP contribution in [0.5, 0.6) is 5.75 Å². The van der Waals surface area contributed by atoms with Gasteiger partial charge in [-0.3, -0.25) is 4.98 Å². The third-order valence-corrected chi connectivity index (χ3v) is 3.15. The van der Waals surface area contributed by atoms with Crippen molar-refractivity contribution in [1.82, 2.24) is 4.98 Å². The molecule has 1 heterocycles. The molecule has 16 heavy (non-hydrogen) atoms. The SMILES string of the molecule is O=S(=O)(Oc1ccncc1)c1ccccc1. The predicted molar refractivity (Wildman–Crippen MR) is 58.5 cm³/mol. The zero-order valence-corrected chi connectivity index (χ0v) is 9.09. The lowest BCUT2D eigenvalue weighted by molar-refractivity contribution is 0.486. The number of hydrogen-bond acceptors (Lipinski definition) is 4. The number of hydrogen-bond donors (Lipinski definition) is 0. The molecule has 5 heteroatoms. The average Bonchev–Trinajstić information content (AvgIpc) is 2.31. The van der Waals surface area contributed by atoms with Crippen molar-refractivity contribution in [3.8, 4) is 5.75 Å². The zero-order valence-electron chi connectivity index (χ0n) is 8.28. The van der Waals surface area contributed by atoms with E-state index in [1.165, 1.54) is 36.7 Å². The highest BCUT2D eigenvalue weighted by atomic mass is 32.2. The van der Waals surface area contributed by atoms with E-state index in [9.17, 15) is 8.42 Å². The number of benzene rings is 1. The summed E-state index contributed by atoms with van der Waals surface area (Å²) in [5.41, 5.74) is 0. The fraction of sp³-hybridized carbons (Fsp3) is 0. The summed E-state index contributed by atoms with van der Waals surface area (Å²) < 4.78 is 28.4. The Balaban J connectivity index is 2.29. The van der Waals surface area contributed by atoms with Crippen LogP contribution in [0.4, 0.5) is 0 Å². The van der Waals surface area contributed by atoms with Gasteiger partial charge in [0.25, 0.3) is 0 Å². The molecular formula is C11H9NO3S. The molecule has 1 aromatic heterocycles. The van der Waals surface area contributed by atoms with Crippen LogP contribution < -0.4 is 4.18 Å². The van der Waals surface area contributed by atoms with Crippen molar-refractivity contribution in [2.45, 2.75) is 4.90 Å². The van der Waals surface area contributed by atoms with Gasteiger partial charge in [-0.2, -0.15) is 8.42 Å². The quantitative estimate of drug-likeness (QED) is 0.762. The van der Waals surface area contributed by atoms with Crippen molar-refractivity contribution in [3.05, 3.63) is 54.9 Å². The molecule has 0 radical (unpaired) electrons. The van der Waals surface area contributed by atoms with Gasteiger partial charge in [0.15, 0.2) is 0 Å². The van der Waals surface area contributed by atoms with Gasteiger partial charge in [-0.25, -0.2) is 0 Å². The molecule has 0 fully saturated rings. The molecule has 1 aromatic carbocycles. The first-order chi connectivity index (χ1) is 7.68. The van der Waals surface area contributed by atoms with E-state index >= 15 is 0 Å². The first-order valence-electron chi connectivity index (χ1n) is 4.58. The molecule has 0 aliphatic rings. The standard InChI is InChI=1S/C11H9NO3S/c13-16(14,11-4-2-1-3-5-11)15-10-6-8-12-9-7-10/h1-9H. The third-order valence-electron chi connectivity index (χ3n) is 1.89. The average molecular weight is 235 g/mol. The molecule has 0 N–H and O–H groups in total. The van der Waals surface area contributed by atoms with Gasteiger partial charge in [-0.15, -0.1) is 0 Å². The number of nitrogens with zero attached hydrogens (tertiary/aromatic N) is 1. The van der Waals surface area contributed by atoms with E-state index in [1.807, 2.05) is 0 Å². The Bertz CT molecular complexity index is 552. The number of aromatic nitrogens is 1. The van der Waals surface area contributed by atoms with Crippen LogP contribution in [0.1, 0.15) is 0 Å². The maximum Gasteiger partial charge on any atom is 0.339 e. The molecule has 0 saturated carbocycles. The normalized spacial score (nSPS) is 11.0. The Morgan fingerprint density at radius 3 is 2.19 bits per heavy atom. The van der Waals surface area contributed by atoms with Crippen molar-refractivity contribution in [2.75, 3.05) is 0 Å². The predicted octanol–water partition coefficient (Wildman–Crippen LogP) is 1.85. The first kappa shape index (κ1) is 10.6. The van der Waals surface area contributed by atoms with E-state index in [4.69, 9.17) is 4.18 Å². The lowest BCUT2D eigenvalue weighted by atomic mass is 10.4. The minimum absolute atomic E-state index is 0.131. The third kappa shape index (κ3) is 2.38. The van der Waals surface area contributed by atoms with Crippen LogP contribution in [0.2, 0.25) is 0 Å². The molecule has 82 valence electrons. The summed E-state index contributed by atoms with van der Waals surface area (Å²) >= 11 is 0. The minimum Gasteiger partial charge on any atom is -0.379 e. The molecule has 0 atom stereocenters. The van der Waals surface area contributed by atoms with Crippen LogP contribution >= 0.6 is 0 Å².